The van der Waals surface area contributed by atoms with Gasteiger partial charge in [0.25, 0.3) is 5.91 Å². The van der Waals surface area contributed by atoms with E-state index in [4.69, 9.17) is 0 Å². The van der Waals surface area contributed by atoms with E-state index in [1.54, 1.807) is 17.3 Å². The van der Waals surface area contributed by atoms with Crippen LogP contribution in [0.1, 0.15) is 53.9 Å². The number of nitrogens with one attached hydrogen (secondary N) is 1. The van der Waals surface area contributed by atoms with Gasteiger partial charge in [-0.1, -0.05) is 39.2 Å². The lowest BCUT2D eigenvalue weighted by Crippen LogP contribution is -2.50. The number of aromatic nitrogens is 4. The Labute approximate surface area is 221 Å². The first-order valence-corrected chi connectivity index (χ1v) is 13.4. The van der Waals surface area contributed by atoms with Gasteiger partial charge in [-0.05, 0) is 39.0 Å². The predicted octanol–water partition coefficient (Wildman–Crippen LogP) is 5.26. The molecule has 1 aromatic carbocycles. The molecule has 0 radical (unpaired) electrons. The van der Waals surface area contributed by atoms with Gasteiger partial charge in [-0.3, -0.25) is 14.6 Å². The first-order valence-electron chi connectivity index (χ1n) is 11.6. The molecule has 1 fully saturated rings. The molecule has 184 valence electrons. The zero-order chi connectivity index (χ0) is 25.4. The number of carbonyl (C=O) groups excluding carboxylic acids is 2. The van der Waals surface area contributed by atoms with Gasteiger partial charge in [0.05, 0.1) is 5.01 Å². The molecule has 8 nitrogen and oxygen atoms in total. The van der Waals surface area contributed by atoms with E-state index < -0.39 is 0 Å². The number of hydrogen-bond donors (Lipinski definition) is 1. The van der Waals surface area contributed by atoms with E-state index in [9.17, 15) is 9.59 Å². The smallest absolute Gasteiger partial charge is 0.274 e. The van der Waals surface area contributed by atoms with Gasteiger partial charge in [-0.2, -0.15) is 4.98 Å². The lowest BCUT2D eigenvalue weighted by molar-refractivity contribution is 0.0466. The summed E-state index contributed by atoms with van der Waals surface area (Å²) in [5.74, 6) is 0.394. The van der Waals surface area contributed by atoms with Crippen molar-refractivity contribution in [1.29, 1.82) is 0 Å². The standard InChI is InChI=1S/C26H25BrN6O2S/c1-14-7-15(2)9-19(8-14)20(34)10-17-12-33(13-17)25(35)21-22-24(29-16(3)36-22)32-26(30-21)31-23(27)18-5-4-6-28-11-18/h4-9,11,17,23H,10,12-13H2,1-3H3,(H,30,31,32). The summed E-state index contributed by atoms with van der Waals surface area (Å²) < 4.78 is 0.672. The Morgan fingerprint density at radius 2 is 1.89 bits per heavy atom. The molecule has 1 atom stereocenters. The van der Waals surface area contributed by atoms with Gasteiger partial charge in [0, 0.05) is 48.9 Å². The summed E-state index contributed by atoms with van der Waals surface area (Å²) in [6.07, 6.45) is 3.87. The molecule has 1 saturated heterocycles. The van der Waals surface area contributed by atoms with Crippen molar-refractivity contribution in [3.05, 3.63) is 75.7 Å². The number of carbonyl (C=O) groups is 2. The van der Waals surface area contributed by atoms with E-state index in [-0.39, 0.29) is 22.6 Å². The topological polar surface area (TPSA) is 101 Å². The number of aryl methyl sites for hydroxylation is 3. The van der Waals surface area contributed by atoms with Crippen molar-refractivity contribution in [2.45, 2.75) is 32.1 Å². The third kappa shape index (κ3) is 5.15. The fourth-order valence-electron chi connectivity index (χ4n) is 4.39. The number of hydrogen-bond acceptors (Lipinski definition) is 8. The summed E-state index contributed by atoms with van der Waals surface area (Å²) in [7, 11) is 0. The molecule has 1 aliphatic rings. The highest BCUT2D eigenvalue weighted by Gasteiger charge is 2.35. The van der Waals surface area contributed by atoms with Gasteiger partial charge in [0.2, 0.25) is 5.95 Å². The maximum absolute atomic E-state index is 13.4. The minimum atomic E-state index is -0.281. The molecule has 10 heteroatoms. The molecule has 1 unspecified atom stereocenters. The van der Waals surface area contributed by atoms with Crippen molar-refractivity contribution >= 4 is 55.3 Å². The van der Waals surface area contributed by atoms with Crippen LogP contribution in [-0.4, -0.2) is 49.6 Å². The van der Waals surface area contributed by atoms with Gasteiger partial charge in [0.1, 0.15) is 9.65 Å². The largest absolute Gasteiger partial charge is 0.338 e. The maximum Gasteiger partial charge on any atom is 0.274 e. The number of anilines is 1. The zero-order valence-corrected chi connectivity index (χ0v) is 22.6. The number of rotatable bonds is 7. The van der Waals surface area contributed by atoms with Crippen molar-refractivity contribution < 1.29 is 9.59 Å². The van der Waals surface area contributed by atoms with E-state index >= 15 is 0 Å². The highest BCUT2D eigenvalue weighted by molar-refractivity contribution is 9.09. The number of ketones is 1. The monoisotopic (exact) mass is 564 g/mol. The van der Waals surface area contributed by atoms with E-state index in [0.29, 0.717) is 41.5 Å². The Kier molecular flexibility index (Phi) is 6.81. The molecule has 4 heterocycles. The summed E-state index contributed by atoms with van der Waals surface area (Å²) in [4.78, 5) is 45.4. The molecule has 1 aliphatic heterocycles. The van der Waals surface area contributed by atoms with Crippen LogP contribution < -0.4 is 5.32 Å². The number of pyridine rings is 1. The van der Waals surface area contributed by atoms with Gasteiger partial charge in [0.15, 0.2) is 17.1 Å². The molecule has 0 spiro atoms. The Morgan fingerprint density at radius 3 is 2.58 bits per heavy atom. The number of halogens is 1. The number of Topliss-reactive ketones (excluding diaryl/α,β-unsaturated/α-hetero) is 1. The van der Waals surface area contributed by atoms with Crippen LogP contribution in [0.5, 0.6) is 0 Å². The Morgan fingerprint density at radius 1 is 1.14 bits per heavy atom. The second kappa shape index (κ2) is 10.0. The SMILES string of the molecule is Cc1cc(C)cc(C(=O)CC2CN(C(=O)c3nc(NC(Br)c4cccnc4)nc4nc(C)sc34)C2)c1. The second-order valence-electron chi connectivity index (χ2n) is 9.15. The molecule has 0 bridgehead atoms. The van der Waals surface area contributed by atoms with E-state index in [2.05, 4.69) is 47.2 Å². The molecule has 5 rings (SSSR count). The van der Waals surface area contributed by atoms with Gasteiger partial charge >= 0.3 is 0 Å². The first kappa shape index (κ1) is 24.5. The van der Waals surface area contributed by atoms with E-state index in [1.807, 2.05) is 45.0 Å². The molecule has 36 heavy (non-hydrogen) atoms. The van der Waals surface area contributed by atoms with Gasteiger partial charge < -0.3 is 10.2 Å². The first-order chi connectivity index (χ1) is 17.3. The molecule has 1 amide bonds. The van der Waals surface area contributed by atoms with Crippen molar-refractivity contribution in [2.75, 3.05) is 18.4 Å². The van der Waals surface area contributed by atoms with Crippen molar-refractivity contribution in [3.63, 3.8) is 0 Å². The molecule has 1 N–H and O–H groups in total. The third-order valence-corrected chi connectivity index (χ3v) is 7.78. The minimum Gasteiger partial charge on any atom is -0.338 e. The summed E-state index contributed by atoms with van der Waals surface area (Å²) in [5.41, 5.74) is 4.63. The highest BCUT2D eigenvalue weighted by atomic mass is 79.9. The van der Waals surface area contributed by atoms with Crippen molar-refractivity contribution in [3.8, 4) is 0 Å². The molecule has 3 aromatic heterocycles. The van der Waals surface area contributed by atoms with Crippen LogP contribution in [0.25, 0.3) is 10.3 Å². The average molecular weight is 565 g/mol. The van der Waals surface area contributed by atoms with Crippen LogP contribution in [0.3, 0.4) is 0 Å². The zero-order valence-electron chi connectivity index (χ0n) is 20.2. The fraction of sp³-hybridized carbons (Fsp3) is 0.308. The lowest BCUT2D eigenvalue weighted by Gasteiger charge is -2.38. The fourth-order valence-corrected chi connectivity index (χ4v) is 5.71. The number of benzene rings is 1. The Hall–Kier alpha value is -3.24. The predicted molar refractivity (Wildman–Crippen MR) is 144 cm³/mol. The molecular formula is C26H25BrN6O2S. The quantitative estimate of drug-likeness (QED) is 0.185. The lowest BCUT2D eigenvalue weighted by atomic mass is 9.90. The number of likely N-dealkylation sites (tertiary alicyclic amines) is 1. The maximum atomic E-state index is 13.4. The van der Waals surface area contributed by atoms with E-state index in [0.717, 1.165) is 27.3 Å². The van der Waals surface area contributed by atoms with Gasteiger partial charge in [-0.25, -0.2) is 9.97 Å². The summed E-state index contributed by atoms with van der Waals surface area (Å²) in [6, 6.07) is 9.69. The molecule has 4 aromatic rings. The number of fused-ring (bicyclic) bond motifs is 1. The summed E-state index contributed by atoms with van der Waals surface area (Å²) >= 11 is 5.00. The van der Waals surface area contributed by atoms with Gasteiger partial charge in [-0.15, -0.1) is 11.3 Å². The van der Waals surface area contributed by atoms with Crippen molar-refractivity contribution in [2.24, 2.45) is 5.92 Å². The molecule has 0 saturated carbocycles. The van der Waals surface area contributed by atoms with Crippen LogP contribution in [0.15, 0.2) is 42.7 Å². The highest BCUT2D eigenvalue weighted by Crippen LogP contribution is 2.30. The van der Waals surface area contributed by atoms with Crippen LogP contribution in [-0.2, 0) is 0 Å². The summed E-state index contributed by atoms with van der Waals surface area (Å²) in [5, 5.41) is 4.01. The number of alkyl halides is 1. The van der Waals surface area contributed by atoms with Crippen LogP contribution in [0.2, 0.25) is 0 Å². The Bertz CT molecular complexity index is 1430. The molecule has 0 aliphatic carbocycles. The second-order valence-corrected chi connectivity index (χ2v) is 11.3. The Balaban J connectivity index is 1.30. The number of thiazole rings is 1. The van der Waals surface area contributed by atoms with E-state index in [1.165, 1.54) is 11.3 Å². The van der Waals surface area contributed by atoms with Crippen LogP contribution in [0, 0.1) is 26.7 Å². The normalized spacial score (nSPS) is 14.5. The summed E-state index contributed by atoms with van der Waals surface area (Å²) in [6.45, 7) is 6.93. The van der Waals surface area contributed by atoms with Crippen LogP contribution >= 0.6 is 27.3 Å². The number of nitrogens with zero attached hydrogens (tertiary/aromatic N) is 5. The van der Waals surface area contributed by atoms with Crippen molar-refractivity contribution in [1.82, 2.24) is 24.8 Å². The van der Waals surface area contributed by atoms with Crippen LogP contribution in [0.4, 0.5) is 5.95 Å². The third-order valence-electron chi connectivity index (χ3n) is 6.06. The number of amides is 1. The minimum absolute atomic E-state index is 0.117. The molecular weight excluding hydrogens is 540 g/mol. The average Bonchev–Trinajstić information content (AvgIpc) is 3.20.